The maximum absolute atomic E-state index is 12.0. The first-order chi connectivity index (χ1) is 14.4. The highest BCUT2D eigenvalue weighted by molar-refractivity contribution is 6.14. The van der Waals surface area contributed by atoms with Crippen LogP contribution in [-0.2, 0) is 9.53 Å². The van der Waals surface area contributed by atoms with Gasteiger partial charge in [-0.3, -0.25) is 15.0 Å². The SMILES string of the molecule is CC1CN(C2N=C(NC3CC3)n3ncc(C=C4NC(=O)NC4=O)c3N2C)CC(C)O1. The van der Waals surface area contributed by atoms with Gasteiger partial charge in [0.2, 0.25) is 5.96 Å². The molecule has 3 N–H and O–H groups in total. The number of nitrogens with zero attached hydrogens (tertiary/aromatic N) is 5. The Hall–Kier alpha value is -2.92. The van der Waals surface area contributed by atoms with Crippen molar-refractivity contribution in [2.45, 2.75) is 51.2 Å². The second-order valence-corrected chi connectivity index (χ2v) is 8.34. The fourth-order valence-electron chi connectivity index (χ4n) is 4.20. The molecule has 0 bridgehead atoms. The molecule has 11 heteroatoms. The Labute approximate surface area is 174 Å². The summed E-state index contributed by atoms with van der Waals surface area (Å²) in [6, 6.07) is -0.110. The zero-order valence-corrected chi connectivity index (χ0v) is 17.3. The number of hydrogen-bond acceptors (Lipinski definition) is 8. The standard InChI is InChI=1S/C19H26N8O3/c1-10-8-26(9-11(2)30-10)19-24-17(21-13-4-5-13)27-16(25(19)3)12(7-20-27)6-14-15(28)23-18(29)22-14/h6-7,10-11,13,19H,4-5,8-9H2,1-3H3,(H,21,24)(H2,22,23,28,29). The van der Waals surface area contributed by atoms with Gasteiger partial charge in [-0.15, -0.1) is 0 Å². The van der Waals surface area contributed by atoms with Crippen LogP contribution in [0.25, 0.3) is 6.08 Å². The highest BCUT2D eigenvalue weighted by Gasteiger charge is 2.37. The van der Waals surface area contributed by atoms with Crippen molar-refractivity contribution < 1.29 is 14.3 Å². The van der Waals surface area contributed by atoms with E-state index in [0.29, 0.717) is 12.0 Å². The molecule has 2 saturated heterocycles. The number of urea groups is 1. The molecule has 1 aliphatic carbocycles. The average Bonchev–Trinajstić information content (AvgIpc) is 3.30. The third-order valence-electron chi connectivity index (χ3n) is 5.59. The van der Waals surface area contributed by atoms with Crippen LogP contribution in [0.4, 0.5) is 10.6 Å². The third-order valence-corrected chi connectivity index (χ3v) is 5.59. The molecule has 4 heterocycles. The first kappa shape index (κ1) is 19.1. The summed E-state index contributed by atoms with van der Waals surface area (Å²) in [6.07, 6.45) is 5.57. The summed E-state index contributed by atoms with van der Waals surface area (Å²) < 4.78 is 7.66. The van der Waals surface area contributed by atoms with Gasteiger partial charge in [0, 0.05) is 31.7 Å². The van der Waals surface area contributed by atoms with Gasteiger partial charge in [-0.25, -0.2) is 9.79 Å². The first-order valence-electron chi connectivity index (χ1n) is 10.3. The normalized spacial score (nSPS) is 30.8. The van der Waals surface area contributed by atoms with Gasteiger partial charge in [0.15, 0.2) is 6.29 Å². The number of ether oxygens (including phenoxy) is 1. The first-order valence-corrected chi connectivity index (χ1v) is 10.3. The summed E-state index contributed by atoms with van der Waals surface area (Å²) in [6.45, 7) is 5.67. The molecule has 3 unspecified atom stereocenters. The highest BCUT2D eigenvalue weighted by Crippen LogP contribution is 2.30. The molecular weight excluding hydrogens is 388 g/mol. The zero-order chi connectivity index (χ0) is 21.0. The van der Waals surface area contributed by atoms with Crippen molar-refractivity contribution in [2.75, 3.05) is 25.0 Å². The van der Waals surface area contributed by atoms with Gasteiger partial charge in [-0.2, -0.15) is 9.78 Å². The Balaban J connectivity index is 1.52. The molecule has 30 heavy (non-hydrogen) atoms. The second kappa shape index (κ2) is 7.10. The molecule has 0 radical (unpaired) electrons. The molecular formula is C19H26N8O3. The Morgan fingerprint density at radius 3 is 2.57 bits per heavy atom. The van der Waals surface area contributed by atoms with Crippen LogP contribution in [0.5, 0.6) is 0 Å². The van der Waals surface area contributed by atoms with Crippen molar-refractivity contribution in [1.82, 2.24) is 30.6 Å². The third kappa shape index (κ3) is 3.43. The van der Waals surface area contributed by atoms with Crippen LogP contribution < -0.4 is 20.9 Å². The molecule has 11 nitrogen and oxygen atoms in total. The molecule has 4 aliphatic rings. The van der Waals surface area contributed by atoms with Crippen LogP contribution in [0.2, 0.25) is 0 Å². The molecule has 1 aromatic rings. The van der Waals surface area contributed by atoms with Crippen LogP contribution in [0.1, 0.15) is 32.3 Å². The van der Waals surface area contributed by atoms with Crippen molar-refractivity contribution in [3.05, 3.63) is 17.5 Å². The number of nitrogens with one attached hydrogen (secondary N) is 3. The smallest absolute Gasteiger partial charge is 0.326 e. The Bertz CT molecular complexity index is 940. The molecule has 160 valence electrons. The molecule has 0 spiro atoms. The number of aliphatic imine (C=N–C) groups is 1. The molecule has 3 atom stereocenters. The lowest BCUT2D eigenvalue weighted by molar-refractivity contribution is -0.115. The van der Waals surface area contributed by atoms with E-state index in [2.05, 4.69) is 44.7 Å². The van der Waals surface area contributed by atoms with E-state index in [-0.39, 0.29) is 24.2 Å². The number of anilines is 1. The van der Waals surface area contributed by atoms with Crippen molar-refractivity contribution in [3.63, 3.8) is 0 Å². The fourth-order valence-corrected chi connectivity index (χ4v) is 4.20. The van der Waals surface area contributed by atoms with E-state index in [9.17, 15) is 9.59 Å². The number of imide groups is 1. The topological polar surface area (TPSA) is 116 Å². The van der Waals surface area contributed by atoms with Gasteiger partial charge in [0.1, 0.15) is 11.5 Å². The van der Waals surface area contributed by atoms with E-state index in [1.165, 1.54) is 0 Å². The maximum atomic E-state index is 12.0. The highest BCUT2D eigenvalue weighted by atomic mass is 16.5. The second-order valence-electron chi connectivity index (χ2n) is 8.34. The van der Waals surface area contributed by atoms with E-state index < -0.39 is 11.9 Å². The zero-order valence-electron chi connectivity index (χ0n) is 17.3. The summed E-state index contributed by atoms with van der Waals surface area (Å²) in [5, 5.41) is 12.8. The fraction of sp³-hybridized carbons (Fsp3) is 0.579. The Kier molecular flexibility index (Phi) is 4.51. The average molecular weight is 414 g/mol. The summed E-state index contributed by atoms with van der Waals surface area (Å²) in [7, 11) is 1.97. The van der Waals surface area contributed by atoms with Crippen molar-refractivity contribution in [1.29, 1.82) is 0 Å². The van der Waals surface area contributed by atoms with Gasteiger partial charge in [0.25, 0.3) is 5.91 Å². The maximum Gasteiger partial charge on any atom is 0.326 e. The molecule has 0 aromatic carbocycles. The van der Waals surface area contributed by atoms with Gasteiger partial charge >= 0.3 is 6.03 Å². The van der Waals surface area contributed by atoms with Gasteiger partial charge in [-0.1, -0.05) is 0 Å². The molecule has 1 aromatic heterocycles. The molecule has 3 fully saturated rings. The van der Waals surface area contributed by atoms with Crippen LogP contribution in [0.15, 0.2) is 16.9 Å². The molecule has 1 saturated carbocycles. The summed E-state index contributed by atoms with van der Waals surface area (Å²) in [4.78, 5) is 32.8. The molecule has 3 amide bonds. The number of carbonyl (C=O) groups excluding carboxylic acids is 2. The van der Waals surface area contributed by atoms with Crippen LogP contribution >= 0.6 is 0 Å². The van der Waals surface area contributed by atoms with E-state index in [1.807, 2.05) is 7.05 Å². The number of fused-ring (bicyclic) bond motifs is 1. The van der Waals surface area contributed by atoms with Gasteiger partial charge in [-0.05, 0) is 32.8 Å². The summed E-state index contributed by atoms with van der Waals surface area (Å²) >= 11 is 0. The minimum Gasteiger partial charge on any atom is -0.373 e. The number of rotatable bonds is 3. The van der Waals surface area contributed by atoms with E-state index in [4.69, 9.17) is 9.73 Å². The van der Waals surface area contributed by atoms with Crippen molar-refractivity contribution in [2.24, 2.45) is 4.99 Å². The quantitative estimate of drug-likeness (QED) is 0.466. The predicted molar refractivity (Wildman–Crippen MR) is 110 cm³/mol. The van der Waals surface area contributed by atoms with Gasteiger partial charge in [0.05, 0.1) is 18.4 Å². The van der Waals surface area contributed by atoms with E-state index in [1.54, 1.807) is 17.0 Å². The Morgan fingerprint density at radius 1 is 1.20 bits per heavy atom. The van der Waals surface area contributed by atoms with E-state index in [0.717, 1.165) is 37.3 Å². The summed E-state index contributed by atoms with van der Waals surface area (Å²) in [5.41, 5.74) is 0.933. The number of hydrogen-bond donors (Lipinski definition) is 3. The lowest BCUT2D eigenvalue weighted by atomic mass is 10.2. The van der Waals surface area contributed by atoms with Crippen LogP contribution in [-0.4, -0.2) is 77.3 Å². The van der Waals surface area contributed by atoms with E-state index >= 15 is 0 Å². The Morgan fingerprint density at radius 2 is 1.93 bits per heavy atom. The molecule has 3 aliphatic heterocycles. The van der Waals surface area contributed by atoms with Crippen LogP contribution in [0, 0.1) is 0 Å². The van der Waals surface area contributed by atoms with Gasteiger partial charge < -0.3 is 20.3 Å². The molecule has 5 rings (SSSR count). The van der Waals surface area contributed by atoms with Crippen LogP contribution in [0.3, 0.4) is 0 Å². The number of aromatic nitrogens is 2. The predicted octanol–water partition coefficient (Wildman–Crippen LogP) is -0.138. The minimum atomic E-state index is -0.521. The minimum absolute atomic E-state index is 0.114. The number of carbonyl (C=O) groups is 2. The van der Waals surface area contributed by atoms with Crippen molar-refractivity contribution in [3.8, 4) is 0 Å². The van der Waals surface area contributed by atoms with Crippen molar-refractivity contribution >= 4 is 29.8 Å². The lowest BCUT2D eigenvalue weighted by Gasteiger charge is -2.44. The summed E-state index contributed by atoms with van der Waals surface area (Å²) in [5.74, 6) is 1.06. The monoisotopic (exact) mass is 414 g/mol. The largest absolute Gasteiger partial charge is 0.373 e. The number of amides is 3. The number of morpholine rings is 1. The lowest BCUT2D eigenvalue weighted by Crippen LogP contribution is -2.58.